The van der Waals surface area contributed by atoms with Crippen LogP contribution in [0.4, 0.5) is 8.78 Å². The number of imide groups is 1. The molecule has 0 spiro atoms. The molecule has 1 aliphatic heterocycles. The minimum atomic E-state index is -3.94. The maximum absolute atomic E-state index is 14.6. The van der Waals surface area contributed by atoms with E-state index in [2.05, 4.69) is 19.7 Å². The van der Waals surface area contributed by atoms with Crippen LogP contribution in [0.2, 0.25) is 5.02 Å². The van der Waals surface area contributed by atoms with E-state index in [0.717, 1.165) is 31.3 Å². The largest absolute Gasteiger partial charge is 0.475 e. The van der Waals surface area contributed by atoms with Crippen LogP contribution in [0.5, 0.6) is 0 Å². The van der Waals surface area contributed by atoms with Crippen molar-refractivity contribution in [2.24, 2.45) is 0 Å². The predicted octanol–water partition coefficient (Wildman–Crippen LogP) is 3.93. The Labute approximate surface area is 240 Å². The van der Waals surface area contributed by atoms with Crippen molar-refractivity contribution in [2.75, 3.05) is 21.0 Å². The van der Waals surface area contributed by atoms with Crippen LogP contribution in [0.1, 0.15) is 46.8 Å². The molecule has 3 amide bonds. The summed E-state index contributed by atoms with van der Waals surface area (Å²) < 4.78 is 55.7. The van der Waals surface area contributed by atoms with Gasteiger partial charge < -0.3 is 10.6 Å². The normalized spacial score (nSPS) is 16.1. The van der Waals surface area contributed by atoms with Crippen molar-refractivity contribution in [3.05, 3.63) is 69.7 Å². The number of phosphoric acid groups is 1. The van der Waals surface area contributed by atoms with E-state index in [-0.39, 0.29) is 36.7 Å². The molecule has 1 fully saturated rings. The van der Waals surface area contributed by atoms with E-state index in [1.54, 1.807) is 6.07 Å². The van der Waals surface area contributed by atoms with Crippen molar-refractivity contribution in [3.63, 3.8) is 0 Å². The molecule has 1 atom stereocenters. The number of benzene rings is 2. The Kier molecular flexibility index (Phi) is 10.9. The summed E-state index contributed by atoms with van der Waals surface area (Å²) >= 11 is 5.73. The second kappa shape index (κ2) is 13.7. The summed E-state index contributed by atoms with van der Waals surface area (Å²) in [6, 6.07) is 8.37. The van der Waals surface area contributed by atoms with E-state index in [4.69, 9.17) is 16.1 Å². The smallest absolute Gasteiger partial charge is 0.346 e. The summed E-state index contributed by atoms with van der Waals surface area (Å²) in [6.45, 7) is 0.448. The molecule has 0 bridgehead atoms. The van der Waals surface area contributed by atoms with Crippen LogP contribution in [0, 0.1) is 0 Å². The third-order valence-corrected chi connectivity index (χ3v) is 7.92. The van der Waals surface area contributed by atoms with Crippen LogP contribution in [0.3, 0.4) is 0 Å². The molecule has 41 heavy (non-hydrogen) atoms. The van der Waals surface area contributed by atoms with Crippen molar-refractivity contribution >= 4 is 42.9 Å². The molecule has 222 valence electrons. The number of carbonyl (C=O) groups excluding carboxylic acids is 4. The highest BCUT2D eigenvalue weighted by molar-refractivity contribution is 7.48. The molecule has 0 aliphatic carbocycles. The maximum Gasteiger partial charge on any atom is 0.475 e. The van der Waals surface area contributed by atoms with Gasteiger partial charge in [0.2, 0.25) is 11.8 Å². The number of rotatable bonds is 13. The van der Waals surface area contributed by atoms with Gasteiger partial charge in [0.05, 0.1) is 6.04 Å². The first-order valence-corrected chi connectivity index (χ1v) is 14.1. The number of nitrogens with one attached hydrogen (secondary N) is 2. The van der Waals surface area contributed by atoms with Gasteiger partial charge in [-0.05, 0) is 36.6 Å². The first-order chi connectivity index (χ1) is 19.3. The van der Waals surface area contributed by atoms with Gasteiger partial charge in [0, 0.05) is 49.9 Å². The molecule has 1 saturated heterocycles. The van der Waals surface area contributed by atoms with Gasteiger partial charge in [-0.25, -0.2) is 4.57 Å². The second-order valence-electron chi connectivity index (χ2n) is 9.01. The lowest BCUT2D eigenvalue weighted by Gasteiger charge is -2.31. The average molecular weight is 616 g/mol. The number of piperidine rings is 1. The topological polar surface area (TPSA) is 140 Å². The molecule has 0 saturated carbocycles. The molecule has 0 radical (unpaired) electrons. The molecule has 1 heterocycles. The number of hydrogen-bond donors (Lipinski definition) is 2. The fraction of sp³-hybridized carbons (Fsp3) is 0.385. The van der Waals surface area contributed by atoms with E-state index in [9.17, 15) is 32.5 Å². The van der Waals surface area contributed by atoms with Crippen molar-refractivity contribution < 1.29 is 46.1 Å². The molecule has 15 heteroatoms. The van der Waals surface area contributed by atoms with Crippen molar-refractivity contribution in [1.82, 2.24) is 15.5 Å². The summed E-state index contributed by atoms with van der Waals surface area (Å²) in [7, 11) is -1.76. The lowest BCUT2D eigenvalue weighted by molar-refractivity contribution is -0.154. The van der Waals surface area contributed by atoms with Crippen molar-refractivity contribution in [3.8, 4) is 0 Å². The minimum absolute atomic E-state index is 0.00552. The monoisotopic (exact) mass is 615 g/mol. The van der Waals surface area contributed by atoms with Crippen LogP contribution >= 0.6 is 19.4 Å². The molecule has 2 aromatic carbocycles. The number of halogens is 3. The molecule has 1 aliphatic rings. The van der Waals surface area contributed by atoms with Crippen LogP contribution < -0.4 is 10.6 Å². The number of nitrogens with zero attached hydrogens (tertiary/aromatic N) is 1. The summed E-state index contributed by atoms with van der Waals surface area (Å²) in [5.74, 6) is -6.77. The average Bonchev–Trinajstić information content (AvgIpc) is 2.95. The van der Waals surface area contributed by atoms with Crippen LogP contribution in [-0.2, 0) is 51.5 Å². The number of Topliss-reactive ketones (excluding diaryl/α,β-unsaturated/α-hetero) is 1. The standard InChI is InChI=1S/C26H29ClF2N3O8P/c1-16(33)21-9-4-17(13-31-25(36)26(28,29)19-5-7-20(27)8-6-19)12-18(21)14-30-22-10-11-23(34)32(24(22)35)15-40-41(37,38-2)39-3/h4-9,12,22,30H,10-11,13-15H2,1-3H3,(H,31,36). The van der Waals surface area contributed by atoms with Gasteiger partial charge in [0.1, 0.15) is 6.73 Å². The van der Waals surface area contributed by atoms with Crippen molar-refractivity contribution in [2.45, 2.75) is 44.8 Å². The lowest BCUT2D eigenvalue weighted by atomic mass is 9.99. The van der Waals surface area contributed by atoms with Gasteiger partial charge in [0.25, 0.3) is 5.91 Å². The van der Waals surface area contributed by atoms with Gasteiger partial charge in [-0.2, -0.15) is 8.78 Å². The summed E-state index contributed by atoms with van der Waals surface area (Å²) in [4.78, 5) is 50.5. The lowest BCUT2D eigenvalue weighted by Crippen LogP contribution is -2.53. The van der Waals surface area contributed by atoms with Crippen LogP contribution in [0.15, 0.2) is 42.5 Å². The van der Waals surface area contributed by atoms with Crippen LogP contribution in [-0.4, -0.2) is 55.4 Å². The Morgan fingerprint density at radius 3 is 2.37 bits per heavy atom. The third-order valence-electron chi connectivity index (χ3n) is 6.34. The fourth-order valence-electron chi connectivity index (χ4n) is 4.03. The van der Waals surface area contributed by atoms with E-state index in [1.807, 2.05) is 0 Å². The highest BCUT2D eigenvalue weighted by Crippen LogP contribution is 2.47. The number of phosphoric ester groups is 1. The Morgan fingerprint density at radius 2 is 1.76 bits per heavy atom. The van der Waals surface area contributed by atoms with Gasteiger partial charge in [0.15, 0.2) is 5.78 Å². The van der Waals surface area contributed by atoms with Crippen molar-refractivity contribution in [1.29, 1.82) is 0 Å². The molecule has 3 rings (SSSR count). The highest BCUT2D eigenvalue weighted by Gasteiger charge is 2.40. The van der Waals surface area contributed by atoms with Gasteiger partial charge in [-0.3, -0.25) is 37.6 Å². The molecule has 2 aromatic rings. The SMILES string of the molecule is COP(=O)(OC)OCN1C(=O)CCC(NCc2cc(CNC(=O)C(F)(F)c3ccc(Cl)cc3)ccc2C(C)=O)C1=O. The molecule has 2 N–H and O–H groups in total. The van der Waals surface area contributed by atoms with E-state index in [1.165, 1.54) is 31.2 Å². The summed E-state index contributed by atoms with van der Waals surface area (Å²) in [5.41, 5.74) is 0.685. The Hall–Kier alpha value is -3.06. The third kappa shape index (κ3) is 8.03. The Morgan fingerprint density at radius 1 is 1.10 bits per heavy atom. The highest BCUT2D eigenvalue weighted by atomic mass is 35.5. The molecular weight excluding hydrogens is 587 g/mol. The van der Waals surface area contributed by atoms with E-state index < -0.39 is 49.8 Å². The van der Waals surface area contributed by atoms with E-state index >= 15 is 0 Å². The zero-order valence-electron chi connectivity index (χ0n) is 22.4. The number of carbonyl (C=O) groups is 4. The molecule has 1 unspecified atom stereocenters. The van der Waals surface area contributed by atoms with Gasteiger partial charge in [-0.15, -0.1) is 0 Å². The minimum Gasteiger partial charge on any atom is -0.346 e. The number of amides is 3. The quantitative estimate of drug-likeness (QED) is 0.195. The molecule has 0 aromatic heterocycles. The number of alkyl halides is 2. The second-order valence-corrected chi connectivity index (χ2v) is 11.3. The van der Waals surface area contributed by atoms with Gasteiger partial charge in [-0.1, -0.05) is 41.9 Å². The zero-order valence-corrected chi connectivity index (χ0v) is 24.1. The predicted molar refractivity (Wildman–Crippen MR) is 143 cm³/mol. The fourth-order valence-corrected chi connectivity index (χ4v) is 4.78. The number of likely N-dealkylation sites (tertiary alicyclic amines) is 1. The summed E-state index contributed by atoms with van der Waals surface area (Å²) in [6.07, 6.45) is 0.149. The zero-order chi connectivity index (χ0) is 30.4. The molecular formula is C26H29ClF2N3O8P. The summed E-state index contributed by atoms with van der Waals surface area (Å²) in [5, 5.41) is 5.46. The maximum atomic E-state index is 14.6. The first-order valence-electron chi connectivity index (χ1n) is 12.3. The number of ketones is 1. The number of hydrogen-bond acceptors (Lipinski definition) is 9. The van der Waals surface area contributed by atoms with Gasteiger partial charge >= 0.3 is 13.7 Å². The molecule has 11 nitrogen and oxygen atoms in total. The van der Waals surface area contributed by atoms with Crippen LogP contribution in [0.25, 0.3) is 0 Å². The first kappa shape index (κ1) is 32.5. The van der Waals surface area contributed by atoms with E-state index in [0.29, 0.717) is 16.7 Å². The Bertz CT molecular complexity index is 1350. The Balaban J connectivity index is 1.68.